The molecule has 2 heteroatoms. The van der Waals surface area contributed by atoms with E-state index in [0.29, 0.717) is 23.3 Å². The van der Waals surface area contributed by atoms with E-state index >= 15 is 0 Å². The average Bonchev–Trinajstić information content (AvgIpc) is 2.10. The molecule has 1 aliphatic carbocycles. The Labute approximate surface area is 64.6 Å². The zero-order chi connectivity index (χ0) is 6.85. The molecule has 1 aliphatic rings. The van der Waals surface area contributed by atoms with Gasteiger partial charge in [-0.2, -0.15) is 0 Å². The molecular weight excluding hydrogens is 180 g/mol. The van der Waals surface area contributed by atoms with Crippen molar-refractivity contribution in [2.45, 2.75) is 24.6 Å². The van der Waals surface area contributed by atoms with Gasteiger partial charge in [0.05, 0.1) is 0 Å². The molecule has 0 aromatic heterocycles. The molecule has 0 aliphatic heterocycles. The summed E-state index contributed by atoms with van der Waals surface area (Å²) in [6.07, 6.45) is 2.38. The van der Waals surface area contributed by atoms with Crippen LogP contribution in [-0.2, 0) is 0 Å². The van der Waals surface area contributed by atoms with Gasteiger partial charge in [-0.25, -0.2) is 0 Å². The van der Waals surface area contributed by atoms with E-state index in [1.165, 1.54) is 6.42 Å². The lowest BCUT2D eigenvalue weighted by Crippen LogP contribution is -2.07. The van der Waals surface area contributed by atoms with E-state index in [-0.39, 0.29) is 0 Å². The summed E-state index contributed by atoms with van der Waals surface area (Å²) in [5.41, 5.74) is 0. The Morgan fingerprint density at radius 2 is 2.22 bits per heavy atom. The minimum atomic E-state index is 0.364. The first-order chi connectivity index (χ1) is 4.24. The van der Waals surface area contributed by atoms with Gasteiger partial charge < -0.3 is 5.11 Å². The van der Waals surface area contributed by atoms with Crippen LogP contribution in [-0.4, -0.2) is 16.5 Å². The van der Waals surface area contributed by atoms with Crippen molar-refractivity contribution in [3.63, 3.8) is 0 Å². The summed E-state index contributed by atoms with van der Waals surface area (Å²) < 4.78 is 0. The highest BCUT2D eigenvalue weighted by Crippen LogP contribution is 2.35. The van der Waals surface area contributed by atoms with Gasteiger partial charge in [-0.1, -0.05) is 22.9 Å². The number of alkyl halides is 1. The highest BCUT2D eigenvalue weighted by Gasteiger charge is 2.28. The molecule has 3 atom stereocenters. The predicted molar refractivity (Wildman–Crippen MR) is 41.7 cm³/mol. The molecule has 1 rings (SSSR count). The Balaban J connectivity index is 2.38. The van der Waals surface area contributed by atoms with Gasteiger partial charge in [-0.3, -0.25) is 0 Å². The summed E-state index contributed by atoms with van der Waals surface area (Å²) in [7, 11) is 0. The van der Waals surface area contributed by atoms with Crippen LogP contribution in [0.2, 0.25) is 0 Å². The zero-order valence-corrected chi connectivity index (χ0v) is 7.26. The van der Waals surface area contributed by atoms with Gasteiger partial charge in [0.1, 0.15) is 0 Å². The first-order valence-electron chi connectivity index (χ1n) is 3.49. The minimum Gasteiger partial charge on any atom is -0.396 e. The second-order valence-electron chi connectivity index (χ2n) is 2.99. The molecule has 9 heavy (non-hydrogen) atoms. The highest BCUT2D eigenvalue weighted by molar-refractivity contribution is 9.09. The Bertz CT molecular complexity index is 94.9. The van der Waals surface area contributed by atoms with Gasteiger partial charge in [0.15, 0.2) is 0 Å². The number of aliphatic hydroxyl groups is 1. The summed E-state index contributed by atoms with van der Waals surface area (Å²) in [6, 6.07) is 0. The Morgan fingerprint density at radius 3 is 2.44 bits per heavy atom. The minimum absolute atomic E-state index is 0.364. The predicted octanol–water partition coefficient (Wildman–Crippen LogP) is 1.79. The van der Waals surface area contributed by atoms with Gasteiger partial charge >= 0.3 is 0 Å². The summed E-state index contributed by atoms with van der Waals surface area (Å²) in [5, 5.41) is 8.83. The van der Waals surface area contributed by atoms with Gasteiger partial charge in [0.2, 0.25) is 0 Å². The number of aliphatic hydroxyl groups excluding tert-OH is 1. The summed E-state index contributed by atoms with van der Waals surface area (Å²) in [4.78, 5) is 0.657. The fourth-order valence-corrected chi connectivity index (χ4v) is 2.58. The molecular formula is C7H13BrO. The molecule has 1 N–H and O–H groups in total. The first kappa shape index (κ1) is 7.55. The van der Waals surface area contributed by atoms with Crippen molar-refractivity contribution in [3.8, 4) is 0 Å². The molecule has 54 valence electrons. The van der Waals surface area contributed by atoms with Crippen LogP contribution in [0.1, 0.15) is 19.8 Å². The molecule has 0 aromatic rings. The largest absolute Gasteiger partial charge is 0.396 e. The number of hydrogen-bond acceptors (Lipinski definition) is 1. The Morgan fingerprint density at radius 1 is 1.56 bits per heavy atom. The Hall–Kier alpha value is 0.440. The second kappa shape index (κ2) is 3.02. The van der Waals surface area contributed by atoms with Gasteiger partial charge in [-0.05, 0) is 24.7 Å². The summed E-state index contributed by atoms with van der Waals surface area (Å²) >= 11 is 3.55. The number of hydrogen-bond donors (Lipinski definition) is 1. The fourth-order valence-electron chi connectivity index (χ4n) is 1.51. The third kappa shape index (κ3) is 1.68. The molecule has 0 amide bonds. The molecule has 1 nitrogen and oxygen atoms in total. The highest BCUT2D eigenvalue weighted by atomic mass is 79.9. The molecule has 1 fully saturated rings. The first-order valence-corrected chi connectivity index (χ1v) is 4.40. The van der Waals surface area contributed by atoms with E-state index < -0.39 is 0 Å². The maximum Gasteiger partial charge on any atom is 0.0462 e. The fraction of sp³-hybridized carbons (Fsp3) is 1.00. The van der Waals surface area contributed by atoms with E-state index in [2.05, 4.69) is 22.9 Å². The maximum atomic E-state index is 8.83. The molecule has 0 saturated heterocycles. The smallest absolute Gasteiger partial charge is 0.0462 e. The quantitative estimate of drug-likeness (QED) is 0.629. The van der Waals surface area contributed by atoms with Crippen molar-refractivity contribution in [2.24, 2.45) is 11.8 Å². The summed E-state index contributed by atoms with van der Waals surface area (Å²) in [6.45, 7) is 2.57. The van der Waals surface area contributed by atoms with Crippen molar-refractivity contribution < 1.29 is 5.11 Å². The molecule has 1 saturated carbocycles. The molecule has 0 aromatic carbocycles. The van der Waals surface area contributed by atoms with E-state index in [9.17, 15) is 0 Å². The SMILES string of the molecule is C[C@H]1C[C@@H](Br)C[C@H]1CO. The summed E-state index contributed by atoms with van der Waals surface area (Å²) in [5.74, 6) is 1.26. The lowest BCUT2D eigenvalue weighted by molar-refractivity contribution is 0.201. The number of rotatable bonds is 1. The normalized spacial score (nSPS) is 43.7. The van der Waals surface area contributed by atoms with Crippen LogP contribution >= 0.6 is 15.9 Å². The van der Waals surface area contributed by atoms with Crippen LogP contribution in [0.25, 0.3) is 0 Å². The van der Waals surface area contributed by atoms with Crippen molar-refractivity contribution in [3.05, 3.63) is 0 Å². The van der Waals surface area contributed by atoms with E-state index in [0.717, 1.165) is 6.42 Å². The van der Waals surface area contributed by atoms with Gasteiger partial charge in [0, 0.05) is 11.4 Å². The molecule has 0 spiro atoms. The Kier molecular flexibility index (Phi) is 2.53. The van der Waals surface area contributed by atoms with E-state index in [1.54, 1.807) is 0 Å². The molecule has 0 heterocycles. The standard InChI is InChI=1S/C7H13BrO/c1-5-2-7(8)3-6(5)4-9/h5-7,9H,2-4H2,1H3/t5-,6-,7+/m0/s1. The van der Waals surface area contributed by atoms with Crippen molar-refractivity contribution in [1.29, 1.82) is 0 Å². The van der Waals surface area contributed by atoms with E-state index in [4.69, 9.17) is 5.11 Å². The second-order valence-corrected chi connectivity index (χ2v) is 4.28. The zero-order valence-electron chi connectivity index (χ0n) is 5.68. The average molecular weight is 193 g/mol. The lowest BCUT2D eigenvalue weighted by atomic mass is 10.00. The van der Waals surface area contributed by atoms with Crippen molar-refractivity contribution in [2.75, 3.05) is 6.61 Å². The maximum absolute atomic E-state index is 8.83. The van der Waals surface area contributed by atoms with Gasteiger partial charge in [-0.15, -0.1) is 0 Å². The lowest BCUT2D eigenvalue weighted by Gasteiger charge is -2.09. The molecule has 0 bridgehead atoms. The van der Waals surface area contributed by atoms with Crippen LogP contribution in [0.15, 0.2) is 0 Å². The number of halogens is 1. The third-order valence-corrected chi connectivity index (χ3v) is 2.97. The third-order valence-electron chi connectivity index (χ3n) is 2.23. The van der Waals surface area contributed by atoms with E-state index in [1.807, 2.05) is 0 Å². The van der Waals surface area contributed by atoms with Crippen LogP contribution in [0.3, 0.4) is 0 Å². The van der Waals surface area contributed by atoms with Crippen molar-refractivity contribution >= 4 is 15.9 Å². The van der Waals surface area contributed by atoms with Crippen LogP contribution < -0.4 is 0 Å². The van der Waals surface area contributed by atoms with Crippen LogP contribution in [0.4, 0.5) is 0 Å². The molecule has 0 radical (unpaired) electrons. The van der Waals surface area contributed by atoms with Crippen LogP contribution in [0, 0.1) is 11.8 Å². The monoisotopic (exact) mass is 192 g/mol. The topological polar surface area (TPSA) is 20.2 Å². The van der Waals surface area contributed by atoms with Crippen LogP contribution in [0.5, 0.6) is 0 Å². The van der Waals surface area contributed by atoms with Crippen molar-refractivity contribution in [1.82, 2.24) is 0 Å². The van der Waals surface area contributed by atoms with Gasteiger partial charge in [0.25, 0.3) is 0 Å². The molecule has 0 unspecified atom stereocenters.